The fourth-order valence-corrected chi connectivity index (χ4v) is 6.86. The van der Waals surface area contributed by atoms with Gasteiger partial charge in [-0.05, 0) is 70.8 Å². The van der Waals surface area contributed by atoms with E-state index < -0.39 is 0 Å². The molecule has 1 aromatic heterocycles. The number of hydrogen-bond donors (Lipinski definition) is 1. The largest absolute Gasteiger partial charge is 0.423 e. The second kappa shape index (κ2) is 10.1. The van der Waals surface area contributed by atoms with Gasteiger partial charge in [-0.15, -0.1) is 0 Å². The van der Waals surface area contributed by atoms with Gasteiger partial charge in [0, 0.05) is 48.9 Å². The van der Waals surface area contributed by atoms with Crippen LogP contribution in [0.1, 0.15) is 66.7 Å². The third-order valence-electron chi connectivity index (χ3n) is 8.78. The number of fused-ring (bicyclic) bond motifs is 3. The molecule has 4 unspecified atom stereocenters. The number of piperidine rings is 2. The Morgan fingerprint density at radius 3 is 2.32 bits per heavy atom. The van der Waals surface area contributed by atoms with E-state index in [0.29, 0.717) is 53.4 Å². The van der Waals surface area contributed by atoms with Crippen molar-refractivity contribution in [2.75, 3.05) is 25.0 Å². The number of hydrogen-bond acceptors (Lipinski definition) is 6. The van der Waals surface area contributed by atoms with Crippen molar-refractivity contribution in [1.29, 1.82) is 0 Å². The summed E-state index contributed by atoms with van der Waals surface area (Å²) < 4.78 is 6.21. The van der Waals surface area contributed by atoms with Crippen molar-refractivity contribution in [3.63, 3.8) is 0 Å². The quantitative estimate of drug-likeness (QED) is 0.558. The number of aromatic nitrogens is 1. The zero-order valence-electron chi connectivity index (χ0n) is 22.5. The second-order valence-corrected chi connectivity index (χ2v) is 11.4. The second-order valence-electron chi connectivity index (χ2n) is 11.4. The van der Waals surface area contributed by atoms with Gasteiger partial charge in [0.1, 0.15) is 5.52 Å². The van der Waals surface area contributed by atoms with Gasteiger partial charge in [0.2, 0.25) is 0 Å². The minimum atomic E-state index is -0.0811. The van der Waals surface area contributed by atoms with Gasteiger partial charge < -0.3 is 24.4 Å². The maximum Gasteiger partial charge on any atom is 0.299 e. The monoisotopic (exact) mass is 515 g/mol. The third-order valence-corrected chi connectivity index (χ3v) is 8.78. The Balaban J connectivity index is 1.19. The lowest BCUT2D eigenvalue weighted by molar-refractivity contribution is 0.0463. The Morgan fingerprint density at radius 2 is 1.63 bits per heavy atom. The summed E-state index contributed by atoms with van der Waals surface area (Å²) in [6, 6.07) is 16.8. The summed E-state index contributed by atoms with van der Waals surface area (Å²) in [5, 5.41) is 3.31. The molecule has 4 atom stereocenters. The lowest BCUT2D eigenvalue weighted by atomic mass is 9.82. The van der Waals surface area contributed by atoms with Gasteiger partial charge in [0.25, 0.3) is 17.8 Å². The van der Waals surface area contributed by atoms with Gasteiger partial charge in [-0.3, -0.25) is 9.59 Å². The molecule has 3 saturated heterocycles. The summed E-state index contributed by atoms with van der Waals surface area (Å²) in [6.07, 6.45) is 5.71. The molecule has 2 bridgehead atoms. The van der Waals surface area contributed by atoms with E-state index >= 15 is 0 Å². The zero-order valence-corrected chi connectivity index (χ0v) is 22.5. The molecule has 3 fully saturated rings. The van der Waals surface area contributed by atoms with Crippen LogP contribution in [0.3, 0.4) is 0 Å². The Morgan fingerprint density at radius 1 is 0.947 bits per heavy atom. The van der Waals surface area contributed by atoms with E-state index in [4.69, 9.17) is 9.40 Å². The van der Waals surface area contributed by atoms with Crippen LogP contribution in [0.25, 0.3) is 11.1 Å². The van der Waals surface area contributed by atoms with Gasteiger partial charge >= 0.3 is 0 Å². The van der Waals surface area contributed by atoms with Crippen molar-refractivity contribution in [3.8, 4) is 0 Å². The molecule has 3 aliphatic heterocycles. The predicted molar refractivity (Wildman–Crippen MR) is 147 cm³/mol. The number of carbonyl (C=O) groups excluding carboxylic acids is 2. The van der Waals surface area contributed by atoms with Crippen LogP contribution < -0.4 is 10.2 Å². The average Bonchev–Trinajstić information content (AvgIpc) is 3.32. The van der Waals surface area contributed by atoms with Crippen LogP contribution in [0.4, 0.5) is 6.01 Å². The van der Waals surface area contributed by atoms with E-state index in [1.165, 1.54) is 19.3 Å². The number of amides is 2. The number of oxazole rings is 1. The first-order valence-corrected chi connectivity index (χ1v) is 13.9. The summed E-state index contributed by atoms with van der Waals surface area (Å²) in [5.41, 5.74) is 2.45. The Bertz CT molecular complexity index is 1300. The van der Waals surface area contributed by atoms with Gasteiger partial charge in [-0.25, -0.2) is 0 Å². The van der Waals surface area contributed by atoms with E-state index in [2.05, 4.69) is 36.0 Å². The van der Waals surface area contributed by atoms with E-state index in [9.17, 15) is 9.59 Å². The van der Waals surface area contributed by atoms with Crippen LogP contribution in [0.15, 0.2) is 52.9 Å². The lowest BCUT2D eigenvalue weighted by Crippen LogP contribution is -2.58. The van der Waals surface area contributed by atoms with Crippen molar-refractivity contribution >= 4 is 28.9 Å². The molecule has 0 radical (unpaired) electrons. The first kappa shape index (κ1) is 24.9. The van der Waals surface area contributed by atoms with Crippen molar-refractivity contribution < 1.29 is 14.0 Å². The SMILES string of the molecule is CC1CN(C(=O)c2ccccc2)CC(C)N1c1nc2c(C(=O)NC3CC4CCCC(C3)N4C)cccc2o1. The molecule has 3 aromatic rings. The minimum Gasteiger partial charge on any atom is -0.423 e. The number of rotatable bonds is 4. The maximum atomic E-state index is 13.4. The number of piperazine rings is 1. The van der Waals surface area contributed by atoms with Crippen LogP contribution in [-0.4, -0.2) is 76.9 Å². The zero-order chi connectivity index (χ0) is 26.4. The normalized spacial score (nSPS) is 27.9. The van der Waals surface area contributed by atoms with Crippen LogP contribution in [0, 0.1) is 0 Å². The molecule has 3 aliphatic rings. The van der Waals surface area contributed by atoms with Crippen molar-refractivity contribution in [3.05, 3.63) is 59.7 Å². The van der Waals surface area contributed by atoms with Gasteiger partial charge in [-0.2, -0.15) is 4.98 Å². The average molecular weight is 516 g/mol. The highest BCUT2D eigenvalue weighted by Crippen LogP contribution is 2.33. The molecule has 0 aliphatic carbocycles. The highest BCUT2D eigenvalue weighted by atomic mass is 16.4. The summed E-state index contributed by atoms with van der Waals surface area (Å²) in [4.78, 5) is 37.9. The van der Waals surface area contributed by atoms with E-state index in [0.717, 1.165) is 12.8 Å². The van der Waals surface area contributed by atoms with Crippen LogP contribution in [-0.2, 0) is 0 Å². The number of nitrogens with one attached hydrogen (secondary N) is 1. The summed E-state index contributed by atoms with van der Waals surface area (Å²) >= 11 is 0. The predicted octanol–water partition coefficient (Wildman–Crippen LogP) is 4.31. The van der Waals surface area contributed by atoms with Crippen LogP contribution >= 0.6 is 0 Å². The molecule has 1 N–H and O–H groups in total. The van der Waals surface area contributed by atoms with Gasteiger partial charge in [0.15, 0.2) is 5.58 Å². The van der Waals surface area contributed by atoms with Crippen molar-refractivity contribution in [2.24, 2.45) is 0 Å². The van der Waals surface area contributed by atoms with Crippen LogP contribution in [0.5, 0.6) is 0 Å². The van der Waals surface area contributed by atoms with E-state index in [1.54, 1.807) is 0 Å². The van der Waals surface area contributed by atoms with Gasteiger partial charge in [-0.1, -0.05) is 30.7 Å². The number of carbonyl (C=O) groups is 2. The highest BCUT2D eigenvalue weighted by molar-refractivity contribution is 6.05. The van der Waals surface area contributed by atoms with E-state index in [1.807, 2.05) is 53.4 Å². The maximum absolute atomic E-state index is 13.4. The molecule has 6 rings (SSSR count). The summed E-state index contributed by atoms with van der Waals surface area (Å²) in [7, 11) is 2.23. The Hall–Kier alpha value is -3.39. The topological polar surface area (TPSA) is 81.9 Å². The summed E-state index contributed by atoms with van der Waals surface area (Å²) in [5.74, 6) is -0.0408. The number of nitrogens with zero attached hydrogens (tertiary/aromatic N) is 4. The standard InChI is InChI=1S/C30H37N5O3/c1-19-17-34(29(37)21-9-5-4-6-10-21)18-20(2)35(19)30-32-27-25(13-8-14-26(27)38-30)28(36)31-22-15-23-11-7-12-24(16-22)33(23)3/h4-6,8-10,13-14,19-20,22-24H,7,11-12,15-18H2,1-3H3,(H,31,36). The molecular weight excluding hydrogens is 478 g/mol. The van der Waals surface area contributed by atoms with Crippen LogP contribution in [0.2, 0.25) is 0 Å². The van der Waals surface area contributed by atoms with Gasteiger partial charge in [0.05, 0.1) is 5.56 Å². The molecule has 2 amide bonds. The minimum absolute atomic E-state index is 0.00962. The molecule has 2 aromatic carbocycles. The first-order valence-electron chi connectivity index (χ1n) is 13.9. The number of para-hydroxylation sites is 1. The third kappa shape index (κ3) is 4.55. The molecule has 8 nitrogen and oxygen atoms in total. The Kier molecular flexibility index (Phi) is 6.60. The Labute approximate surface area is 224 Å². The molecular formula is C30H37N5O3. The van der Waals surface area contributed by atoms with Crippen molar-refractivity contribution in [2.45, 2.75) is 76.2 Å². The molecule has 8 heteroatoms. The molecule has 0 spiro atoms. The highest BCUT2D eigenvalue weighted by Gasteiger charge is 2.37. The molecule has 200 valence electrons. The molecule has 0 saturated carbocycles. The number of benzene rings is 2. The first-order chi connectivity index (χ1) is 18.4. The lowest BCUT2D eigenvalue weighted by Gasteiger charge is -2.47. The van der Waals surface area contributed by atoms with E-state index in [-0.39, 0.29) is 29.9 Å². The number of anilines is 1. The smallest absolute Gasteiger partial charge is 0.299 e. The fourth-order valence-electron chi connectivity index (χ4n) is 6.86. The molecule has 38 heavy (non-hydrogen) atoms. The van der Waals surface area contributed by atoms with Crippen molar-refractivity contribution in [1.82, 2.24) is 20.1 Å². The molecule has 4 heterocycles. The summed E-state index contributed by atoms with van der Waals surface area (Å²) in [6.45, 7) is 5.31. The fraction of sp³-hybridized carbons (Fsp3) is 0.500.